The lowest BCUT2D eigenvalue weighted by molar-refractivity contribution is -0.134. The Morgan fingerprint density at radius 3 is 2.58 bits per heavy atom. The van der Waals surface area contributed by atoms with Crippen LogP contribution in [-0.4, -0.2) is 118 Å². The van der Waals surface area contributed by atoms with Crippen molar-refractivity contribution >= 4 is 67.1 Å². The number of hydrogen-bond donors (Lipinski definition) is 3. The molecule has 78 heavy (non-hydrogen) atoms. The summed E-state index contributed by atoms with van der Waals surface area (Å²) in [5, 5.41) is 11.2. The van der Waals surface area contributed by atoms with Crippen LogP contribution in [0.15, 0.2) is 86.9 Å². The number of benzene rings is 2. The molecular weight excluding hydrogens is 1040 g/mol. The Morgan fingerprint density at radius 2 is 1.85 bits per heavy atom. The van der Waals surface area contributed by atoms with Gasteiger partial charge in [-0.2, -0.15) is 4.99 Å². The van der Waals surface area contributed by atoms with Crippen LogP contribution in [-0.2, 0) is 44.3 Å². The Morgan fingerprint density at radius 1 is 1.05 bits per heavy atom. The van der Waals surface area contributed by atoms with E-state index in [2.05, 4.69) is 40.6 Å². The van der Waals surface area contributed by atoms with Crippen LogP contribution in [0.4, 0.5) is 20.3 Å². The summed E-state index contributed by atoms with van der Waals surface area (Å²) in [5.41, 5.74) is 5.52. The number of thiazole rings is 1. The molecule has 4 aliphatic heterocycles. The number of aromatic amines is 1. The molecule has 2 aromatic carbocycles. The first-order valence-electron chi connectivity index (χ1n) is 25.7. The SMILES string of the molecule is Cc1ncsc1-c1ccc([C@]2(C)NC([C@@H]3CCCN3C(=O)C(c3cc(OCCN4CC[C@H](NC(=O)c5cc6c(cc5CS(C)(=O)=O)-c5cn(C)c(=O)c7[nH]cc(c57)CN6c5ncc(F)cc5F)C4)no3)C(C)C)=NC2=O)cc1. The Labute approximate surface area is 451 Å². The van der Waals surface area contributed by atoms with Crippen LogP contribution in [0.2, 0.25) is 0 Å². The quantitative estimate of drug-likeness (QED) is 0.0951. The number of rotatable bonds is 15. The van der Waals surface area contributed by atoms with Crippen LogP contribution in [0.5, 0.6) is 5.88 Å². The van der Waals surface area contributed by atoms with Crippen LogP contribution in [0, 0.1) is 24.5 Å². The highest BCUT2D eigenvalue weighted by molar-refractivity contribution is 7.89. The molecule has 2 fully saturated rings. The van der Waals surface area contributed by atoms with Gasteiger partial charge in [-0.3, -0.25) is 24.1 Å². The molecule has 0 aliphatic carbocycles. The summed E-state index contributed by atoms with van der Waals surface area (Å²) in [6, 6.07) is 12.5. The van der Waals surface area contributed by atoms with Gasteiger partial charge in [0, 0.05) is 92.1 Å². The number of pyridine rings is 2. The highest BCUT2D eigenvalue weighted by atomic mass is 32.2. The number of aryl methyl sites for hydroxylation is 2. The molecule has 0 radical (unpaired) electrons. The van der Waals surface area contributed by atoms with E-state index >= 15 is 4.39 Å². The summed E-state index contributed by atoms with van der Waals surface area (Å²) < 4.78 is 69.1. The van der Waals surface area contributed by atoms with Crippen molar-refractivity contribution in [3.8, 4) is 27.4 Å². The molecule has 2 saturated heterocycles. The van der Waals surface area contributed by atoms with Crippen molar-refractivity contribution in [1.29, 1.82) is 0 Å². The fourth-order valence-corrected chi connectivity index (χ4v) is 13.0. The number of ether oxygens (including phenoxy) is 1. The Kier molecular flexibility index (Phi) is 13.6. The summed E-state index contributed by atoms with van der Waals surface area (Å²) in [6.45, 7) is 9.83. The molecule has 11 rings (SSSR count). The largest absolute Gasteiger partial charge is 0.474 e. The lowest BCUT2D eigenvalue weighted by Gasteiger charge is -2.31. The predicted octanol–water partition coefficient (Wildman–Crippen LogP) is 6.88. The maximum Gasteiger partial charge on any atom is 0.277 e. The van der Waals surface area contributed by atoms with E-state index < -0.39 is 50.6 Å². The van der Waals surface area contributed by atoms with Crippen LogP contribution >= 0.6 is 11.3 Å². The Hall–Kier alpha value is -7.63. The van der Waals surface area contributed by atoms with Gasteiger partial charge in [0.05, 0.1) is 46.3 Å². The molecule has 5 aromatic heterocycles. The number of carbonyl (C=O) groups excluding carboxylic acids is 3. The highest BCUT2D eigenvalue weighted by Gasteiger charge is 2.47. The summed E-state index contributed by atoms with van der Waals surface area (Å²) in [6.07, 6.45) is 7.14. The first-order chi connectivity index (χ1) is 37.2. The zero-order valence-electron chi connectivity index (χ0n) is 43.7. The minimum atomic E-state index is -3.71. The van der Waals surface area contributed by atoms with Crippen molar-refractivity contribution in [3.05, 3.63) is 128 Å². The highest BCUT2D eigenvalue weighted by Crippen LogP contribution is 2.45. The molecule has 19 nitrogen and oxygen atoms in total. The minimum absolute atomic E-state index is 0.0230. The van der Waals surface area contributed by atoms with Gasteiger partial charge in [-0.05, 0) is 78.6 Å². The van der Waals surface area contributed by atoms with Crippen molar-refractivity contribution in [2.45, 2.75) is 82.8 Å². The second-order valence-corrected chi connectivity index (χ2v) is 24.1. The molecule has 0 saturated carbocycles. The number of amides is 3. The Balaban J connectivity index is 0.747. The number of H-pyrrole nitrogens is 1. The lowest BCUT2D eigenvalue weighted by atomic mass is 9.90. The fraction of sp³-hybridized carbons (Fsp3) is 0.382. The van der Waals surface area contributed by atoms with Gasteiger partial charge in [-0.25, -0.2) is 27.2 Å². The summed E-state index contributed by atoms with van der Waals surface area (Å²) >= 11 is 1.56. The number of aromatic nitrogens is 5. The molecule has 0 spiro atoms. The molecule has 7 aromatic rings. The molecule has 3 amide bonds. The Bertz CT molecular complexity index is 3760. The van der Waals surface area contributed by atoms with Crippen molar-refractivity contribution in [1.82, 2.24) is 45.1 Å². The smallest absolute Gasteiger partial charge is 0.277 e. The maximum absolute atomic E-state index is 15.7. The van der Waals surface area contributed by atoms with Gasteiger partial charge in [-0.15, -0.1) is 11.3 Å². The third kappa shape index (κ3) is 9.75. The number of aliphatic imine (C=N–C) groups is 1. The molecule has 23 heteroatoms. The van der Waals surface area contributed by atoms with E-state index in [0.29, 0.717) is 84.4 Å². The van der Waals surface area contributed by atoms with Crippen LogP contribution in [0.25, 0.3) is 32.5 Å². The lowest BCUT2D eigenvalue weighted by Crippen LogP contribution is -2.51. The van der Waals surface area contributed by atoms with Crippen molar-refractivity contribution < 1.29 is 40.8 Å². The van der Waals surface area contributed by atoms with E-state index in [4.69, 9.17) is 9.26 Å². The third-order valence-corrected chi connectivity index (χ3v) is 17.1. The van der Waals surface area contributed by atoms with Gasteiger partial charge < -0.3 is 39.2 Å². The second-order valence-electron chi connectivity index (χ2n) is 21.1. The number of hydrogen-bond acceptors (Lipinski definition) is 15. The van der Waals surface area contributed by atoms with Gasteiger partial charge in [-0.1, -0.05) is 38.1 Å². The molecule has 9 heterocycles. The normalized spacial score (nSPS) is 19.8. The summed E-state index contributed by atoms with van der Waals surface area (Å²) in [7, 11) is -2.13. The van der Waals surface area contributed by atoms with Gasteiger partial charge in [0.15, 0.2) is 27.2 Å². The number of amidine groups is 1. The van der Waals surface area contributed by atoms with Crippen molar-refractivity contribution in [3.63, 3.8) is 0 Å². The summed E-state index contributed by atoms with van der Waals surface area (Å²) in [5.74, 6) is -3.45. The molecule has 3 N–H and O–H groups in total. The average molecular weight is 1100 g/mol. The molecular formula is C55H57F2N11O8S2. The number of fused-ring (bicyclic) bond motifs is 2. The molecule has 1 unspecified atom stereocenters. The zero-order valence-corrected chi connectivity index (χ0v) is 45.4. The number of nitrogens with one attached hydrogen (secondary N) is 3. The first kappa shape index (κ1) is 52.4. The molecule has 406 valence electrons. The number of carbonyl (C=O) groups is 3. The van der Waals surface area contributed by atoms with E-state index in [-0.39, 0.29) is 70.8 Å². The molecule has 0 bridgehead atoms. The topological polar surface area (TPSA) is 230 Å². The first-order valence-corrected chi connectivity index (χ1v) is 28.7. The number of halogens is 2. The predicted molar refractivity (Wildman–Crippen MR) is 289 cm³/mol. The van der Waals surface area contributed by atoms with Crippen LogP contribution in [0.1, 0.15) is 84.5 Å². The number of sulfone groups is 1. The van der Waals surface area contributed by atoms with E-state index in [0.717, 1.165) is 40.6 Å². The maximum atomic E-state index is 15.7. The van der Waals surface area contributed by atoms with E-state index in [1.54, 1.807) is 47.8 Å². The van der Waals surface area contributed by atoms with E-state index in [9.17, 15) is 32.0 Å². The van der Waals surface area contributed by atoms with Gasteiger partial charge in [0.1, 0.15) is 35.2 Å². The van der Waals surface area contributed by atoms with E-state index in [1.807, 2.05) is 57.5 Å². The average Bonchev–Trinajstić information content (AvgIpc) is 4.47. The number of likely N-dealkylation sites (tertiary alicyclic amines) is 2. The van der Waals surface area contributed by atoms with Gasteiger partial charge >= 0.3 is 0 Å². The minimum Gasteiger partial charge on any atom is -0.474 e. The van der Waals surface area contributed by atoms with Crippen molar-refractivity contribution in [2.75, 3.05) is 43.9 Å². The van der Waals surface area contributed by atoms with Crippen molar-refractivity contribution in [2.24, 2.45) is 18.0 Å². The fourth-order valence-electron chi connectivity index (χ4n) is 11.4. The second kappa shape index (κ2) is 20.3. The summed E-state index contributed by atoms with van der Waals surface area (Å²) in [4.78, 5) is 78.2. The van der Waals surface area contributed by atoms with E-state index in [1.165, 1.54) is 15.5 Å². The standard InChI is InChI=1S/C55H57F2N11O8S2/c1-29(2)45(52(70)67-14-7-8-41(67)49-62-54(72)55(4,63-49)34-11-9-31(10-12-34)48-30(3)60-28-77-48)43-21-44(64-76-43)75-17-16-66-15-13-36(25-66)61-51(69)37-20-42-38(18-32(37)27-78(6,73)74)39-26-65(5)53(71)47-46(39)33(22-58-47)24-68(42)50-40(57)19-35(56)23-59-50/h9-12,18-23,26,28-29,36,41,45,58H,7-8,13-17,24-25,27H2,1-6H3,(H,61,69)(H,62,63,72)/t36-,41-,45?,55-/m0/s1. The van der Waals surface area contributed by atoms with Gasteiger partial charge in [0.2, 0.25) is 5.91 Å². The zero-order chi connectivity index (χ0) is 54.9. The molecule has 4 atom stereocenters. The molecule has 4 aliphatic rings. The van der Waals surface area contributed by atoms with Gasteiger partial charge in [0.25, 0.3) is 23.3 Å². The van der Waals surface area contributed by atoms with Crippen LogP contribution < -0.4 is 25.8 Å². The number of nitrogens with zero attached hydrogens (tertiary/aromatic N) is 8. The third-order valence-electron chi connectivity index (χ3n) is 15.3. The monoisotopic (exact) mass is 1100 g/mol. The van der Waals surface area contributed by atoms with Crippen LogP contribution in [0.3, 0.4) is 0 Å². The number of anilines is 2.